The van der Waals surface area contributed by atoms with E-state index in [1.165, 1.54) is 13.0 Å². The largest absolute Gasteiger partial charge is 0.351 e. The molecule has 122 valence electrons. The zero-order valence-corrected chi connectivity index (χ0v) is 13.6. The third-order valence-corrected chi connectivity index (χ3v) is 4.01. The molecule has 1 aliphatic heterocycles. The Morgan fingerprint density at radius 1 is 1.12 bits per heavy atom. The predicted molar refractivity (Wildman–Crippen MR) is 92.0 cm³/mol. The number of ketones is 1. The van der Waals surface area contributed by atoms with E-state index in [1.54, 1.807) is 0 Å². The Bertz CT molecular complexity index is 849. The van der Waals surface area contributed by atoms with Crippen LogP contribution in [0.1, 0.15) is 24.1 Å². The van der Waals surface area contributed by atoms with E-state index in [2.05, 4.69) is 10.6 Å². The first-order valence-corrected chi connectivity index (χ1v) is 7.71. The van der Waals surface area contributed by atoms with E-state index in [-0.39, 0.29) is 16.5 Å². The molecule has 1 aliphatic rings. The van der Waals surface area contributed by atoms with Gasteiger partial charge in [0.05, 0.1) is 11.7 Å². The van der Waals surface area contributed by atoms with E-state index < -0.39 is 17.7 Å². The molecule has 1 heterocycles. The van der Waals surface area contributed by atoms with Crippen LogP contribution in [0.5, 0.6) is 0 Å². The molecule has 0 amide bonds. The van der Waals surface area contributed by atoms with Gasteiger partial charge in [0.1, 0.15) is 11.6 Å². The summed E-state index contributed by atoms with van der Waals surface area (Å²) in [5.74, 6) is -1.64. The van der Waals surface area contributed by atoms with Crippen LogP contribution >= 0.6 is 12.2 Å². The molecule has 2 N–H and O–H groups in total. The Morgan fingerprint density at radius 3 is 2.46 bits per heavy atom. The van der Waals surface area contributed by atoms with Crippen molar-refractivity contribution in [2.24, 2.45) is 0 Å². The molecule has 0 fully saturated rings. The van der Waals surface area contributed by atoms with Gasteiger partial charge < -0.3 is 10.6 Å². The molecule has 0 aliphatic carbocycles. The third-order valence-electron chi connectivity index (χ3n) is 3.79. The number of rotatable bonds is 3. The van der Waals surface area contributed by atoms with Crippen LogP contribution in [0.3, 0.4) is 0 Å². The Kier molecular flexibility index (Phi) is 4.40. The molecule has 0 aromatic heterocycles. The summed E-state index contributed by atoms with van der Waals surface area (Å²) < 4.78 is 27.5. The van der Waals surface area contributed by atoms with Crippen molar-refractivity contribution < 1.29 is 13.6 Å². The summed E-state index contributed by atoms with van der Waals surface area (Å²) >= 11 is 5.20. The van der Waals surface area contributed by atoms with Gasteiger partial charge in [-0.3, -0.25) is 4.79 Å². The fraction of sp³-hybridized carbons (Fsp3) is 0.111. The van der Waals surface area contributed by atoms with Crippen molar-refractivity contribution in [3.05, 3.63) is 76.9 Å². The predicted octanol–water partition coefficient (Wildman–Crippen LogP) is 3.48. The molecule has 2 aromatic rings. The van der Waals surface area contributed by atoms with E-state index in [9.17, 15) is 13.6 Å². The molecule has 24 heavy (non-hydrogen) atoms. The van der Waals surface area contributed by atoms with Gasteiger partial charge in [-0.1, -0.05) is 36.4 Å². The Morgan fingerprint density at radius 2 is 1.83 bits per heavy atom. The van der Waals surface area contributed by atoms with Crippen molar-refractivity contribution >= 4 is 28.8 Å². The molecule has 0 bridgehead atoms. The third kappa shape index (κ3) is 3.05. The van der Waals surface area contributed by atoms with E-state index in [1.807, 2.05) is 30.3 Å². The van der Waals surface area contributed by atoms with Crippen molar-refractivity contribution in [3.63, 3.8) is 0 Å². The van der Waals surface area contributed by atoms with Gasteiger partial charge in [0.2, 0.25) is 0 Å². The van der Waals surface area contributed by atoms with E-state index in [0.29, 0.717) is 11.3 Å². The van der Waals surface area contributed by atoms with Gasteiger partial charge in [-0.25, -0.2) is 8.78 Å². The summed E-state index contributed by atoms with van der Waals surface area (Å²) in [6.07, 6.45) is 0. The van der Waals surface area contributed by atoms with Crippen LogP contribution < -0.4 is 10.6 Å². The van der Waals surface area contributed by atoms with Gasteiger partial charge in [0, 0.05) is 17.2 Å². The summed E-state index contributed by atoms with van der Waals surface area (Å²) in [6, 6.07) is 11.7. The highest BCUT2D eigenvalue weighted by Gasteiger charge is 2.31. The monoisotopic (exact) mass is 344 g/mol. The van der Waals surface area contributed by atoms with E-state index >= 15 is 0 Å². The first-order chi connectivity index (χ1) is 11.5. The minimum atomic E-state index is -0.785. The number of hydrogen-bond acceptors (Lipinski definition) is 2. The number of carbonyl (C=O) groups excluding carboxylic acids is 1. The highest BCUT2D eigenvalue weighted by molar-refractivity contribution is 7.80. The molecule has 6 heteroatoms. The average molecular weight is 344 g/mol. The van der Waals surface area contributed by atoms with Gasteiger partial charge in [-0.15, -0.1) is 0 Å². The summed E-state index contributed by atoms with van der Waals surface area (Å²) in [7, 11) is 0. The molecule has 0 saturated carbocycles. The van der Waals surface area contributed by atoms with Crippen molar-refractivity contribution in [1.82, 2.24) is 10.6 Å². The van der Waals surface area contributed by atoms with Gasteiger partial charge in [-0.05, 0) is 30.8 Å². The summed E-state index contributed by atoms with van der Waals surface area (Å²) in [5, 5.41) is 6.15. The molecule has 3 rings (SSSR count). The lowest BCUT2D eigenvalue weighted by molar-refractivity contribution is -0.113. The normalized spacial score (nSPS) is 17.3. The van der Waals surface area contributed by atoms with Gasteiger partial charge in [0.25, 0.3) is 0 Å². The van der Waals surface area contributed by atoms with Crippen LogP contribution in [0.4, 0.5) is 8.78 Å². The minimum absolute atomic E-state index is 0.166. The molecule has 0 radical (unpaired) electrons. The fourth-order valence-electron chi connectivity index (χ4n) is 2.75. The molecular weight excluding hydrogens is 330 g/mol. The molecule has 0 saturated heterocycles. The van der Waals surface area contributed by atoms with Crippen LogP contribution in [-0.4, -0.2) is 10.9 Å². The maximum absolute atomic E-state index is 14.3. The summed E-state index contributed by atoms with van der Waals surface area (Å²) in [4.78, 5) is 12.3. The van der Waals surface area contributed by atoms with Gasteiger partial charge in [-0.2, -0.15) is 0 Å². The zero-order chi connectivity index (χ0) is 17.3. The van der Waals surface area contributed by atoms with Gasteiger partial charge in [0.15, 0.2) is 10.9 Å². The highest BCUT2D eigenvalue weighted by Crippen LogP contribution is 2.32. The smallest absolute Gasteiger partial charge is 0.171 e. The SMILES string of the molecule is CC(=O)C1=C(c2ccccc2)NC(=S)N[C@H]1c1ccc(F)cc1F. The zero-order valence-electron chi connectivity index (χ0n) is 12.8. The van der Waals surface area contributed by atoms with Crippen molar-refractivity contribution in [2.45, 2.75) is 13.0 Å². The molecule has 0 spiro atoms. The molecule has 2 aromatic carbocycles. The number of hydrogen-bond donors (Lipinski definition) is 2. The van der Waals surface area contributed by atoms with Crippen LogP contribution in [0.15, 0.2) is 54.1 Å². The number of halogens is 2. The lowest BCUT2D eigenvalue weighted by Crippen LogP contribution is -2.44. The summed E-state index contributed by atoms with van der Waals surface area (Å²) in [5.41, 5.74) is 1.80. The highest BCUT2D eigenvalue weighted by atomic mass is 32.1. The van der Waals surface area contributed by atoms with Crippen LogP contribution in [-0.2, 0) is 4.79 Å². The van der Waals surface area contributed by atoms with Crippen LogP contribution in [0.25, 0.3) is 5.70 Å². The second-order valence-electron chi connectivity index (χ2n) is 5.41. The van der Waals surface area contributed by atoms with Crippen molar-refractivity contribution in [1.29, 1.82) is 0 Å². The first-order valence-electron chi connectivity index (χ1n) is 7.30. The van der Waals surface area contributed by atoms with Crippen LogP contribution in [0.2, 0.25) is 0 Å². The number of benzene rings is 2. The minimum Gasteiger partial charge on any atom is -0.351 e. The molecule has 3 nitrogen and oxygen atoms in total. The average Bonchev–Trinajstić information content (AvgIpc) is 2.54. The van der Waals surface area contributed by atoms with Crippen LogP contribution in [0, 0.1) is 11.6 Å². The Hall–Kier alpha value is -2.60. The fourth-order valence-corrected chi connectivity index (χ4v) is 2.97. The number of thiocarbonyl (C=S) groups is 1. The maximum Gasteiger partial charge on any atom is 0.171 e. The maximum atomic E-state index is 14.3. The number of carbonyl (C=O) groups is 1. The second-order valence-corrected chi connectivity index (χ2v) is 5.82. The summed E-state index contributed by atoms with van der Waals surface area (Å²) in [6.45, 7) is 1.41. The Balaban J connectivity index is 2.20. The molecule has 1 atom stereocenters. The van der Waals surface area contributed by atoms with Crippen molar-refractivity contribution in [3.8, 4) is 0 Å². The number of Topliss-reactive ketones (excluding diaryl/α,β-unsaturated/α-hetero) is 1. The molecule has 0 unspecified atom stereocenters. The number of nitrogens with one attached hydrogen (secondary N) is 2. The lowest BCUT2D eigenvalue weighted by Gasteiger charge is -2.31. The second kappa shape index (κ2) is 6.49. The quantitative estimate of drug-likeness (QED) is 0.837. The van der Waals surface area contributed by atoms with E-state index in [4.69, 9.17) is 12.2 Å². The first kappa shape index (κ1) is 16.3. The Labute approximate surface area is 143 Å². The molecular formula is C18H14F2N2OS. The van der Waals surface area contributed by atoms with Gasteiger partial charge >= 0.3 is 0 Å². The standard InChI is InChI=1S/C18H14F2N2OS/c1-10(23)15-16(11-5-3-2-4-6-11)21-18(24)22-17(15)13-8-7-12(19)9-14(13)20/h2-9,17H,1H3,(H2,21,22,24)/t17-/m0/s1. The van der Waals surface area contributed by atoms with E-state index in [0.717, 1.165) is 17.7 Å². The lowest BCUT2D eigenvalue weighted by atomic mass is 9.90. The topological polar surface area (TPSA) is 41.1 Å². The van der Waals surface area contributed by atoms with Crippen molar-refractivity contribution in [2.75, 3.05) is 0 Å².